The van der Waals surface area contributed by atoms with Gasteiger partial charge in [-0.05, 0) is 31.1 Å². The molecule has 2 N–H and O–H groups in total. The van der Waals surface area contributed by atoms with Crippen LogP contribution in [-0.2, 0) is 24.3 Å². The van der Waals surface area contributed by atoms with E-state index in [1.165, 1.54) is 12.0 Å². The summed E-state index contributed by atoms with van der Waals surface area (Å²) in [5, 5.41) is 9.28. The number of rotatable bonds is 9. The van der Waals surface area contributed by atoms with Gasteiger partial charge in [-0.3, -0.25) is 9.59 Å². The number of sulfonamides is 1. The van der Waals surface area contributed by atoms with Gasteiger partial charge >= 0.3 is 5.97 Å². The third kappa shape index (κ3) is 5.15. The second-order valence-corrected chi connectivity index (χ2v) is 8.16. The van der Waals surface area contributed by atoms with Crippen molar-refractivity contribution in [2.45, 2.75) is 19.3 Å². The van der Waals surface area contributed by atoms with E-state index < -0.39 is 21.9 Å². The average molecular weight is 348 g/mol. The smallest absolute Gasteiger partial charge is 0.308 e. The Kier molecular flexibility index (Phi) is 5.99. The molecule has 0 aromatic rings. The number of aliphatic carboxylic acids is 1. The minimum atomic E-state index is -3.52. The maximum atomic E-state index is 12.2. The maximum Gasteiger partial charge on any atom is 0.308 e. The topological polar surface area (TPSA) is 113 Å². The van der Waals surface area contributed by atoms with E-state index >= 15 is 0 Å². The fraction of sp³-hybridized carbons (Fsp3) is 0.857. The molecule has 0 unspecified atom stereocenters. The highest BCUT2D eigenvalue weighted by molar-refractivity contribution is 7.89. The Balaban J connectivity index is 1.83. The number of hydrogen-bond acceptors (Lipinski definition) is 5. The minimum Gasteiger partial charge on any atom is -0.481 e. The monoisotopic (exact) mass is 348 g/mol. The standard InChI is InChI=1S/C14H24N2O6S/c1-22-5-2-6-23(20,21)15-7-13(17)16-8-11(10-3-4-10)12(9-16)14(18)19/h10-12,15H,2-9H2,1H3,(H,18,19)/t11-,12+/m1/s1. The van der Waals surface area contributed by atoms with Gasteiger partial charge in [-0.1, -0.05) is 0 Å². The van der Waals surface area contributed by atoms with Gasteiger partial charge in [0.05, 0.1) is 18.2 Å². The van der Waals surface area contributed by atoms with Gasteiger partial charge in [-0.2, -0.15) is 0 Å². The van der Waals surface area contributed by atoms with Gasteiger partial charge in [0.25, 0.3) is 0 Å². The number of hydrogen-bond donors (Lipinski definition) is 2. The van der Waals surface area contributed by atoms with E-state index in [0.717, 1.165) is 12.8 Å². The van der Waals surface area contributed by atoms with Gasteiger partial charge in [-0.25, -0.2) is 13.1 Å². The average Bonchev–Trinajstić information content (AvgIpc) is 3.23. The highest BCUT2D eigenvalue weighted by Crippen LogP contribution is 2.44. The van der Waals surface area contributed by atoms with Crippen LogP contribution in [0.25, 0.3) is 0 Å². The summed E-state index contributed by atoms with van der Waals surface area (Å²) in [5.41, 5.74) is 0. The Morgan fingerprint density at radius 1 is 1.30 bits per heavy atom. The molecule has 1 aliphatic carbocycles. The van der Waals surface area contributed by atoms with Crippen molar-refractivity contribution in [1.82, 2.24) is 9.62 Å². The van der Waals surface area contributed by atoms with Crippen molar-refractivity contribution < 1.29 is 27.9 Å². The fourth-order valence-electron chi connectivity index (χ4n) is 3.04. The number of nitrogens with zero attached hydrogens (tertiary/aromatic N) is 1. The summed E-state index contributed by atoms with van der Waals surface area (Å²) >= 11 is 0. The number of methoxy groups -OCH3 is 1. The molecule has 2 aliphatic rings. The van der Waals surface area contributed by atoms with E-state index in [0.29, 0.717) is 25.5 Å². The highest BCUT2D eigenvalue weighted by Gasteiger charge is 2.46. The number of carboxylic acids is 1. The van der Waals surface area contributed by atoms with Gasteiger partial charge < -0.3 is 14.7 Å². The van der Waals surface area contributed by atoms with E-state index in [-0.39, 0.29) is 30.7 Å². The van der Waals surface area contributed by atoms with Crippen LogP contribution in [0.2, 0.25) is 0 Å². The third-order valence-corrected chi connectivity index (χ3v) is 5.88. The van der Waals surface area contributed by atoms with Gasteiger partial charge in [0.1, 0.15) is 0 Å². The number of nitrogens with one attached hydrogen (secondary N) is 1. The normalized spacial score (nSPS) is 24.8. The number of carbonyl (C=O) groups is 2. The van der Waals surface area contributed by atoms with E-state index in [9.17, 15) is 23.1 Å². The zero-order chi connectivity index (χ0) is 17.0. The molecule has 1 saturated heterocycles. The molecule has 132 valence electrons. The van der Waals surface area contributed by atoms with Crippen molar-refractivity contribution in [2.24, 2.45) is 17.8 Å². The summed E-state index contributed by atoms with van der Waals surface area (Å²) < 4.78 is 30.6. The van der Waals surface area contributed by atoms with Crippen molar-refractivity contribution >= 4 is 21.9 Å². The molecule has 23 heavy (non-hydrogen) atoms. The third-order valence-electron chi connectivity index (χ3n) is 4.47. The molecule has 0 aromatic heterocycles. The van der Waals surface area contributed by atoms with Crippen LogP contribution < -0.4 is 4.72 Å². The summed E-state index contributed by atoms with van der Waals surface area (Å²) in [6, 6.07) is 0. The summed E-state index contributed by atoms with van der Waals surface area (Å²) in [6.45, 7) is 0.593. The van der Waals surface area contributed by atoms with Crippen LogP contribution in [0.15, 0.2) is 0 Å². The predicted octanol–water partition coefficient (Wildman–Crippen LogP) is -0.488. The lowest BCUT2D eigenvalue weighted by Crippen LogP contribution is -2.40. The molecule has 2 fully saturated rings. The van der Waals surface area contributed by atoms with Gasteiger partial charge in [0.15, 0.2) is 0 Å². The van der Waals surface area contributed by atoms with Crippen molar-refractivity contribution in [1.29, 1.82) is 0 Å². The van der Waals surface area contributed by atoms with Crippen molar-refractivity contribution in [3.63, 3.8) is 0 Å². The molecule has 0 radical (unpaired) electrons. The van der Waals surface area contributed by atoms with E-state index in [1.54, 1.807) is 0 Å². The first-order valence-electron chi connectivity index (χ1n) is 7.81. The second kappa shape index (κ2) is 7.59. The molecule has 1 heterocycles. The largest absolute Gasteiger partial charge is 0.481 e. The molecule has 1 aliphatic heterocycles. The first-order valence-corrected chi connectivity index (χ1v) is 9.46. The molecule has 0 spiro atoms. The van der Waals surface area contributed by atoms with Crippen molar-refractivity contribution in [3.8, 4) is 0 Å². The molecule has 8 nitrogen and oxygen atoms in total. The molecular weight excluding hydrogens is 324 g/mol. The van der Waals surface area contributed by atoms with Crippen LogP contribution in [0.3, 0.4) is 0 Å². The zero-order valence-electron chi connectivity index (χ0n) is 13.2. The summed E-state index contributed by atoms with van der Waals surface area (Å²) in [4.78, 5) is 24.9. The van der Waals surface area contributed by atoms with Crippen LogP contribution >= 0.6 is 0 Å². The maximum absolute atomic E-state index is 12.2. The number of amides is 1. The number of carboxylic acid groups (broad SMARTS) is 1. The number of ether oxygens (including phenoxy) is 1. The Bertz CT molecular complexity index is 545. The van der Waals surface area contributed by atoms with Crippen molar-refractivity contribution in [2.75, 3.05) is 39.1 Å². The first kappa shape index (κ1) is 18.2. The zero-order valence-corrected chi connectivity index (χ0v) is 14.0. The first-order chi connectivity index (χ1) is 10.8. The molecule has 9 heteroatoms. The Hall–Kier alpha value is -1.19. The Morgan fingerprint density at radius 3 is 2.57 bits per heavy atom. The lowest BCUT2D eigenvalue weighted by atomic mass is 9.92. The molecule has 0 bridgehead atoms. The second-order valence-electron chi connectivity index (χ2n) is 6.23. The van der Waals surface area contributed by atoms with E-state index in [4.69, 9.17) is 4.74 Å². The molecular formula is C14H24N2O6S. The molecule has 0 aromatic carbocycles. The van der Waals surface area contributed by atoms with Gasteiger partial charge in [0.2, 0.25) is 15.9 Å². The lowest BCUT2D eigenvalue weighted by Gasteiger charge is -2.16. The van der Waals surface area contributed by atoms with Crippen LogP contribution in [0, 0.1) is 17.8 Å². The predicted molar refractivity (Wildman–Crippen MR) is 82.2 cm³/mol. The fourth-order valence-corrected chi connectivity index (χ4v) is 4.03. The quantitative estimate of drug-likeness (QED) is 0.544. The van der Waals surface area contributed by atoms with E-state index in [2.05, 4.69) is 4.72 Å². The number of carbonyl (C=O) groups excluding carboxylic acids is 1. The van der Waals surface area contributed by atoms with Crippen molar-refractivity contribution in [3.05, 3.63) is 0 Å². The Morgan fingerprint density at radius 2 is 2.00 bits per heavy atom. The van der Waals surface area contributed by atoms with Crippen LogP contribution in [-0.4, -0.2) is 69.4 Å². The molecule has 1 saturated carbocycles. The minimum absolute atomic E-state index is 0.00485. The molecule has 2 atom stereocenters. The Labute approximate surface area is 136 Å². The van der Waals surface area contributed by atoms with Gasteiger partial charge in [0, 0.05) is 26.8 Å². The highest BCUT2D eigenvalue weighted by atomic mass is 32.2. The summed E-state index contributed by atoms with van der Waals surface area (Å²) in [7, 11) is -2.03. The van der Waals surface area contributed by atoms with Crippen LogP contribution in [0.1, 0.15) is 19.3 Å². The lowest BCUT2D eigenvalue weighted by molar-refractivity contribution is -0.142. The van der Waals surface area contributed by atoms with Gasteiger partial charge in [-0.15, -0.1) is 0 Å². The van der Waals surface area contributed by atoms with Crippen LogP contribution in [0.5, 0.6) is 0 Å². The van der Waals surface area contributed by atoms with E-state index in [1.807, 2.05) is 0 Å². The van der Waals surface area contributed by atoms with Crippen LogP contribution in [0.4, 0.5) is 0 Å². The molecule has 1 amide bonds. The molecule has 2 rings (SSSR count). The SMILES string of the molecule is COCCCS(=O)(=O)NCC(=O)N1C[C@H](C(=O)O)[C@@H](C2CC2)C1. The number of likely N-dealkylation sites (tertiary alicyclic amines) is 1. The summed E-state index contributed by atoms with van der Waals surface area (Å²) in [5.74, 6) is -1.50. The summed E-state index contributed by atoms with van der Waals surface area (Å²) in [6.07, 6.45) is 2.39.